The van der Waals surface area contributed by atoms with Crippen molar-refractivity contribution in [3.63, 3.8) is 0 Å². The molecule has 1 aromatic rings. The van der Waals surface area contributed by atoms with E-state index in [9.17, 15) is 0 Å². The maximum atomic E-state index is 4.33. The summed E-state index contributed by atoms with van der Waals surface area (Å²) < 4.78 is 0. The van der Waals surface area contributed by atoms with Gasteiger partial charge in [-0.15, -0.1) is 0 Å². The summed E-state index contributed by atoms with van der Waals surface area (Å²) >= 11 is 0. The molecule has 70 valence electrons. The van der Waals surface area contributed by atoms with Crippen molar-refractivity contribution in [2.24, 2.45) is 0 Å². The van der Waals surface area contributed by atoms with E-state index in [1.807, 2.05) is 6.20 Å². The Morgan fingerprint density at radius 2 is 2.46 bits per heavy atom. The van der Waals surface area contributed by atoms with Gasteiger partial charge in [-0.05, 0) is 36.0 Å². The lowest BCUT2D eigenvalue weighted by atomic mass is 9.94. The summed E-state index contributed by atoms with van der Waals surface area (Å²) in [5.74, 6) is 1.77. The Kier molecular flexibility index (Phi) is 2.21. The number of aromatic nitrogens is 1. The lowest BCUT2D eigenvalue weighted by Gasteiger charge is -2.12. The number of hydrogen-bond donors (Lipinski definition) is 1. The number of nitrogens with zero attached hydrogens (tertiary/aromatic N) is 1. The molecule has 2 heteroatoms. The van der Waals surface area contributed by atoms with Crippen molar-refractivity contribution in [1.82, 2.24) is 4.98 Å². The molecule has 0 radical (unpaired) electrons. The summed E-state index contributed by atoms with van der Waals surface area (Å²) in [4.78, 5) is 4.33. The van der Waals surface area contributed by atoms with Gasteiger partial charge in [-0.2, -0.15) is 0 Å². The minimum atomic E-state index is 0.664. The van der Waals surface area contributed by atoms with Crippen LogP contribution < -0.4 is 5.32 Å². The van der Waals surface area contributed by atoms with Crippen molar-refractivity contribution in [3.05, 3.63) is 23.4 Å². The molecule has 2 heterocycles. The first-order valence-electron chi connectivity index (χ1n) is 5.04. The third-order valence-corrected chi connectivity index (χ3v) is 2.90. The molecule has 0 spiro atoms. The number of fused-ring (bicyclic) bond motifs is 1. The first kappa shape index (κ1) is 8.54. The number of nitrogens with one attached hydrogen (secondary N) is 1. The number of rotatable bonds is 2. The molecule has 2 rings (SSSR count). The quantitative estimate of drug-likeness (QED) is 0.749. The summed E-state index contributed by atoms with van der Waals surface area (Å²) in [6, 6.07) is 2.17. The first-order chi connectivity index (χ1) is 6.33. The molecular formula is C11H16N2. The SMILES string of the molecule is CCC(C)c1ccnc2c1CCN2. The van der Waals surface area contributed by atoms with Gasteiger partial charge in [0.05, 0.1) is 0 Å². The van der Waals surface area contributed by atoms with Crippen molar-refractivity contribution in [3.8, 4) is 0 Å². The number of pyridine rings is 1. The van der Waals surface area contributed by atoms with Gasteiger partial charge in [-0.3, -0.25) is 0 Å². The molecule has 1 aliphatic heterocycles. The molecule has 1 aromatic heterocycles. The second kappa shape index (κ2) is 3.36. The molecule has 0 bridgehead atoms. The first-order valence-corrected chi connectivity index (χ1v) is 5.04. The van der Waals surface area contributed by atoms with Crippen LogP contribution >= 0.6 is 0 Å². The highest BCUT2D eigenvalue weighted by molar-refractivity contribution is 5.53. The van der Waals surface area contributed by atoms with Gasteiger partial charge in [0.15, 0.2) is 0 Å². The monoisotopic (exact) mass is 176 g/mol. The van der Waals surface area contributed by atoms with Crippen LogP contribution in [0.4, 0.5) is 5.82 Å². The number of anilines is 1. The van der Waals surface area contributed by atoms with Gasteiger partial charge in [0.2, 0.25) is 0 Å². The Balaban J connectivity index is 2.41. The molecular weight excluding hydrogens is 160 g/mol. The van der Waals surface area contributed by atoms with Crippen molar-refractivity contribution >= 4 is 5.82 Å². The second-order valence-electron chi connectivity index (χ2n) is 3.71. The van der Waals surface area contributed by atoms with Crippen LogP contribution in [0.3, 0.4) is 0 Å². The molecule has 1 N–H and O–H groups in total. The van der Waals surface area contributed by atoms with Crippen LogP contribution in [0.2, 0.25) is 0 Å². The Hall–Kier alpha value is -1.05. The largest absolute Gasteiger partial charge is 0.370 e. The highest BCUT2D eigenvalue weighted by Gasteiger charge is 2.17. The zero-order valence-corrected chi connectivity index (χ0v) is 8.30. The van der Waals surface area contributed by atoms with Gasteiger partial charge in [0.1, 0.15) is 5.82 Å². The molecule has 1 unspecified atom stereocenters. The molecule has 0 fully saturated rings. The van der Waals surface area contributed by atoms with Crippen molar-refractivity contribution < 1.29 is 0 Å². The summed E-state index contributed by atoms with van der Waals surface area (Å²) in [5.41, 5.74) is 2.93. The molecule has 1 atom stereocenters. The van der Waals surface area contributed by atoms with Crippen LogP contribution in [0.15, 0.2) is 12.3 Å². The van der Waals surface area contributed by atoms with E-state index in [4.69, 9.17) is 0 Å². The molecule has 0 aromatic carbocycles. The molecule has 1 aliphatic rings. The topological polar surface area (TPSA) is 24.9 Å². The van der Waals surface area contributed by atoms with Crippen molar-refractivity contribution in [1.29, 1.82) is 0 Å². The van der Waals surface area contributed by atoms with E-state index in [1.54, 1.807) is 0 Å². The van der Waals surface area contributed by atoms with Gasteiger partial charge in [-0.25, -0.2) is 4.98 Å². The lowest BCUT2D eigenvalue weighted by molar-refractivity contribution is 0.724. The Bertz CT molecular complexity index is 307. The van der Waals surface area contributed by atoms with E-state index in [0.717, 1.165) is 18.8 Å². The lowest BCUT2D eigenvalue weighted by Crippen LogP contribution is -1.97. The van der Waals surface area contributed by atoms with Gasteiger partial charge in [0.25, 0.3) is 0 Å². The van der Waals surface area contributed by atoms with E-state index < -0.39 is 0 Å². The maximum Gasteiger partial charge on any atom is 0.129 e. The summed E-state index contributed by atoms with van der Waals surface area (Å²) in [7, 11) is 0. The van der Waals surface area contributed by atoms with E-state index in [2.05, 4.69) is 30.2 Å². The Morgan fingerprint density at radius 3 is 3.23 bits per heavy atom. The van der Waals surface area contributed by atoms with E-state index in [-0.39, 0.29) is 0 Å². The van der Waals surface area contributed by atoms with Crippen LogP contribution in [-0.2, 0) is 6.42 Å². The standard InChI is InChI=1S/C11H16N2/c1-3-8(2)9-4-6-12-11-10(9)5-7-13-11/h4,6,8H,3,5,7H2,1-2H3,(H,12,13). The molecule has 2 nitrogen and oxygen atoms in total. The van der Waals surface area contributed by atoms with Gasteiger partial charge in [0, 0.05) is 12.7 Å². The highest BCUT2D eigenvalue weighted by atomic mass is 15.0. The molecule has 0 amide bonds. The Morgan fingerprint density at radius 1 is 1.62 bits per heavy atom. The molecule has 0 aliphatic carbocycles. The van der Waals surface area contributed by atoms with Gasteiger partial charge in [-0.1, -0.05) is 13.8 Å². The van der Waals surface area contributed by atoms with Crippen LogP contribution in [-0.4, -0.2) is 11.5 Å². The average molecular weight is 176 g/mol. The van der Waals surface area contributed by atoms with Crippen LogP contribution in [0.25, 0.3) is 0 Å². The summed E-state index contributed by atoms with van der Waals surface area (Å²) in [6.07, 6.45) is 4.26. The minimum absolute atomic E-state index is 0.664. The van der Waals surface area contributed by atoms with E-state index in [0.29, 0.717) is 5.92 Å². The normalized spacial score (nSPS) is 16.5. The van der Waals surface area contributed by atoms with Crippen LogP contribution in [0.5, 0.6) is 0 Å². The predicted molar refractivity (Wildman–Crippen MR) is 55.1 cm³/mol. The van der Waals surface area contributed by atoms with Crippen molar-refractivity contribution in [2.45, 2.75) is 32.6 Å². The maximum absolute atomic E-state index is 4.33. The highest BCUT2D eigenvalue weighted by Crippen LogP contribution is 2.29. The van der Waals surface area contributed by atoms with Crippen LogP contribution in [0, 0.1) is 0 Å². The van der Waals surface area contributed by atoms with Crippen LogP contribution in [0.1, 0.15) is 37.3 Å². The predicted octanol–water partition coefficient (Wildman–Crippen LogP) is 2.56. The van der Waals surface area contributed by atoms with E-state index >= 15 is 0 Å². The second-order valence-corrected chi connectivity index (χ2v) is 3.71. The fraction of sp³-hybridized carbons (Fsp3) is 0.545. The Labute approximate surface area is 79.4 Å². The summed E-state index contributed by atoms with van der Waals surface area (Å²) in [6.45, 7) is 5.57. The fourth-order valence-electron chi connectivity index (χ4n) is 1.91. The number of hydrogen-bond acceptors (Lipinski definition) is 2. The third-order valence-electron chi connectivity index (χ3n) is 2.90. The van der Waals surface area contributed by atoms with Gasteiger partial charge < -0.3 is 5.32 Å². The van der Waals surface area contributed by atoms with Crippen molar-refractivity contribution in [2.75, 3.05) is 11.9 Å². The fourth-order valence-corrected chi connectivity index (χ4v) is 1.91. The molecule has 13 heavy (non-hydrogen) atoms. The van der Waals surface area contributed by atoms with Gasteiger partial charge >= 0.3 is 0 Å². The smallest absolute Gasteiger partial charge is 0.129 e. The zero-order chi connectivity index (χ0) is 9.26. The minimum Gasteiger partial charge on any atom is -0.370 e. The van der Waals surface area contributed by atoms with E-state index in [1.165, 1.54) is 17.5 Å². The average Bonchev–Trinajstić information content (AvgIpc) is 2.63. The zero-order valence-electron chi connectivity index (χ0n) is 8.30. The molecule has 0 saturated heterocycles. The molecule has 0 saturated carbocycles. The third kappa shape index (κ3) is 1.41. The summed E-state index contributed by atoms with van der Waals surface area (Å²) in [5, 5.41) is 3.31.